The number of carbonyl (C=O) groups is 2. The molecule has 0 saturated heterocycles. The summed E-state index contributed by atoms with van der Waals surface area (Å²) in [6.45, 7) is 0. The van der Waals surface area contributed by atoms with Gasteiger partial charge in [-0.05, 0) is 24.3 Å². The molecule has 0 fully saturated rings. The Morgan fingerprint density at radius 2 is 1.75 bits per heavy atom. The average molecular weight is 327 g/mol. The van der Waals surface area contributed by atoms with E-state index in [4.69, 9.17) is 4.74 Å². The predicted octanol–water partition coefficient (Wildman–Crippen LogP) is 2.39. The normalized spacial score (nSPS) is 10.4. The van der Waals surface area contributed by atoms with Gasteiger partial charge in [0.15, 0.2) is 0 Å². The van der Waals surface area contributed by atoms with Gasteiger partial charge in [0.05, 0.1) is 18.2 Å². The standard InChI is InChI=1S/C17H14FN3O3/c1-24-15-7-6-10(18)8-12(15)16(22)20-21-17(23)13-9-19-14-5-3-2-4-11(13)14/h2-9,19H,1H3,(H,20,22)(H,21,23). The van der Waals surface area contributed by atoms with Crippen LogP contribution in [-0.4, -0.2) is 23.9 Å². The highest BCUT2D eigenvalue weighted by Gasteiger charge is 2.16. The SMILES string of the molecule is COc1ccc(F)cc1C(=O)NNC(=O)c1c[nH]c2ccccc12. The number of H-pyrrole nitrogens is 1. The van der Waals surface area contributed by atoms with Crippen molar-refractivity contribution in [2.24, 2.45) is 0 Å². The van der Waals surface area contributed by atoms with Crippen molar-refractivity contribution in [2.75, 3.05) is 7.11 Å². The van der Waals surface area contributed by atoms with E-state index in [0.29, 0.717) is 5.56 Å². The number of hydrogen-bond donors (Lipinski definition) is 3. The smallest absolute Gasteiger partial charge is 0.273 e. The molecule has 24 heavy (non-hydrogen) atoms. The van der Waals surface area contributed by atoms with Gasteiger partial charge in [-0.25, -0.2) is 4.39 Å². The minimum Gasteiger partial charge on any atom is -0.496 e. The number of para-hydroxylation sites is 1. The zero-order valence-corrected chi connectivity index (χ0v) is 12.7. The number of benzene rings is 2. The van der Waals surface area contributed by atoms with E-state index in [1.165, 1.54) is 19.2 Å². The summed E-state index contributed by atoms with van der Waals surface area (Å²) in [7, 11) is 1.37. The second kappa shape index (κ2) is 6.41. The predicted molar refractivity (Wildman–Crippen MR) is 86.2 cm³/mol. The third-order valence-electron chi connectivity index (χ3n) is 3.53. The highest BCUT2D eigenvalue weighted by Crippen LogP contribution is 2.19. The van der Waals surface area contributed by atoms with Crippen LogP contribution in [0.2, 0.25) is 0 Å². The first-order valence-electron chi connectivity index (χ1n) is 7.10. The molecule has 122 valence electrons. The molecule has 0 unspecified atom stereocenters. The Labute approximate surface area is 136 Å². The number of hydrazine groups is 1. The van der Waals surface area contributed by atoms with Crippen LogP contribution in [0.4, 0.5) is 4.39 Å². The van der Waals surface area contributed by atoms with Gasteiger partial charge in [-0.2, -0.15) is 0 Å². The first kappa shape index (κ1) is 15.5. The summed E-state index contributed by atoms with van der Waals surface area (Å²) >= 11 is 0. The average Bonchev–Trinajstić information content (AvgIpc) is 3.03. The fourth-order valence-electron chi connectivity index (χ4n) is 2.37. The van der Waals surface area contributed by atoms with Crippen LogP contribution in [0.15, 0.2) is 48.7 Å². The molecule has 3 N–H and O–H groups in total. The molecule has 0 aliphatic heterocycles. The lowest BCUT2D eigenvalue weighted by molar-refractivity contribution is 0.0845. The second-order valence-electron chi connectivity index (χ2n) is 5.00. The minimum absolute atomic E-state index is 0.0169. The maximum atomic E-state index is 13.3. The van der Waals surface area contributed by atoms with Crippen LogP contribution in [0.3, 0.4) is 0 Å². The summed E-state index contributed by atoms with van der Waals surface area (Å²) in [5.41, 5.74) is 5.74. The molecule has 1 heterocycles. The molecule has 3 aromatic rings. The van der Waals surface area contributed by atoms with Crippen LogP contribution in [-0.2, 0) is 0 Å². The van der Waals surface area contributed by atoms with Gasteiger partial charge in [0.2, 0.25) is 0 Å². The largest absolute Gasteiger partial charge is 0.496 e. The van der Waals surface area contributed by atoms with E-state index in [2.05, 4.69) is 15.8 Å². The summed E-state index contributed by atoms with van der Waals surface area (Å²) in [5, 5.41) is 0.729. The van der Waals surface area contributed by atoms with Crippen molar-refractivity contribution in [3.63, 3.8) is 0 Å². The summed E-state index contributed by atoms with van der Waals surface area (Å²) in [6.07, 6.45) is 1.55. The fraction of sp³-hybridized carbons (Fsp3) is 0.0588. The Morgan fingerprint density at radius 3 is 2.50 bits per heavy atom. The number of halogens is 1. The molecule has 0 aliphatic rings. The number of aromatic amines is 1. The number of nitrogens with one attached hydrogen (secondary N) is 3. The van der Waals surface area contributed by atoms with Crippen LogP contribution in [0.5, 0.6) is 5.75 Å². The van der Waals surface area contributed by atoms with E-state index in [1.54, 1.807) is 12.3 Å². The number of aromatic nitrogens is 1. The van der Waals surface area contributed by atoms with E-state index < -0.39 is 17.6 Å². The maximum absolute atomic E-state index is 13.3. The lowest BCUT2D eigenvalue weighted by Crippen LogP contribution is -2.41. The van der Waals surface area contributed by atoms with Crippen LogP contribution in [0, 0.1) is 5.82 Å². The quantitative estimate of drug-likeness (QED) is 0.646. The number of amides is 2. The molecule has 7 heteroatoms. The summed E-state index contributed by atoms with van der Waals surface area (Å²) in [6, 6.07) is 10.8. The topological polar surface area (TPSA) is 83.2 Å². The van der Waals surface area contributed by atoms with Crippen LogP contribution >= 0.6 is 0 Å². The molecule has 0 saturated carbocycles. The molecule has 2 amide bonds. The van der Waals surface area contributed by atoms with E-state index in [9.17, 15) is 14.0 Å². The van der Waals surface area contributed by atoms with Gasteiger partial charge in [0.25, 0.3) is 11.8 Å². The van der Waals surface area contributed by atoms with Crippen molar-refractivity contribution in [3.05, 3.63) is 65.6 Å². The Bertz CT molecular complexity index is 920. The minimum atomic E-state index is -0.681. The molecule has 0 spiro atoms. The number of fused-ring (bicyclic) bond motifs is 1. The number of methoxy groups -OCH3 is 1. The second-order valence-corrected chi connectivity index (χ2v) is 5.00. The van der Waals surface area contributed by atoms with Crippen molar-refractivity contribution in [1.29, 1.82) is 0 Å². The molecule has 1 aromatic heterocycles. The Kier molecular flexibility index (Phi) is 4.15. The number of hydrogen-bond acceptors (Lipinski definition) is 3. The molecule has 0 bridgehead atoms. The van der Waals surface area contributed by atoms with E-state index in [0.717, 1.165) is 17.0 Å². The zero-order valence-electron chi connectivity index (χ0n) is 12.7. The Morgan fingerprint density at radius 1 is 1.04 bits per heavy atom. The van der Waals surface area contributed by atoms with Gasteiger partial charge in [0.1, 0.15) is 11.6 Å². The van der Waals surface area contributed by atoms with Gasteiger partial charge in [-0.1, -0.05) is 18.2 Å². The highest BCUT2D eigenvalue weighted by molar-refractivity contribution is 6.07. The van der Waals surface area contributed by atoms with Crippen molar-refractivity contribution >= 4 is 22.7 Å². The highest BCUT2D eigenvalue weighted by atomic mass is 19.1. The molecular formula is C17H14FN3O3. The lowest BCUT2D eigenvalue weighted by atomic mass is 10.1. The van der Waals surface area contributed by atoms with Crippen LogP contribution in [0.1, 0.15) is 20.7 Å². The summed E-state index contributed by atoms with van der Waals surface area (Å²) < 4.78 is 18.3. The molecule has 6 nitrogen and oxygen atoms in total. The van der Waals surface area contributed by atoms with E-state index >= 15 is 0 Å². The molecular weight excluding hydrogens is 313 g/mol. The van der Waals surface area contributed by atoms with Gasteiger partial charge in [0, 0.05) is 17.1 Å². The van der Waals surface area contributed by atoms with Crippen molar-refractivity contribution < 1.29 is 18.7 Å². The van der Waals surface area contributed by atoms with Gasteiger partial charge < -0.3 is 9.72 Å². The lowest BCUT2D eigenvalue weighted by Gasteiger charge is -2.10. The van der Waals surface area contributed by atoms with E-state index in [1.807, 2.05) is 18.2 Å². The fourth-order valence-corrected chi connectivity index (χ4v) is 2.37. The van der Waals surface area contributed by atoms with Gasteiger partial charge >= 0.3 is 0 Å². The first-order valence-corrected chi connectivity index (χ1v) is 7.10. The molecule has 0 aliphatic carbocycles. The molecule has 0 radical (unpaired) electrons. The monoisotopic (exact) mass is 327 g/mol. The number of rotatable bonds is 3. The van der Waals surface area contributed by atoms with Gasteiger partial charge in [-0.15, -0.1) is 0 Å². The Balaban J connectivity index is 1.75. The summed E-state index contributed by atoms with van der Waals surface area (Å²) in [5.74, 6) is -1.55. The first-order chi connectivity index (χ1) is 11.6. The summed E-state index contributed by atoms with van der Waals surface area (Å²) in [4.78, 5) is 27.3. The molecule has 2 aromatic carbocycles. The van der Waals surface area contributed by atoms with Crippen molar-refractivity contribution in [3.8, 4) is 5.75 Å². The van der Waals surface area contributed by atoms with Gasteiger partial charge in [-0.3, -0.25) is 20.4 Å². The van der Waals surface area contributed by atoms with E-state index in [-0.39, 0.29) is 11.3 Å². The van der Waals surface area contributed by atoms with Crippen molar-refractivity contribution in [2.45, 2.75) is 0 Å². The zero-order chi connectivity index (χ0) is 17.1. The number of ether oxygens (including phenoxy) is 1. The van der Waals surface area contributed by atoms with Crippen LogP contribution < -0.4 is 15.6 Å². The number of carbonyl (C=O) groups excluding carboxylic acids is 2. The van der Waals surface area contributed by atoms with Crippen molar-refractivity contribution in [1.82, 2.24) is 15.8 Å². The third-order valence-corrected chi connectivity index (χ3v) is 3.53. The van der Waals surface area contributed by atoms with Crippen LogP contribution in [0.25, 0.3) is 10.9 Å². The maximum Gasteiger partial charge on any atom is 0.273 e. The molecule has 3 rings (SSSR count). The Hall–Kier alpha value is -3.35. The third kappa shape index (κ3) is 2.91. The molecule has 0 atom stereocenters.